The van der Waals surface area contributed by atoms with Gasteiger partial charge in [-0.15, -0.1) is 0 Å². The van der Waals surface area contributed by atoms with Crippen molar-refractivity contribution in [3.63, 3.8) is 0 Å². The molecule has 17 heavy (non-hydrogen) atoms. The van der Waals surface area contributed by atoms with Crippen molar-refractivity contribution < 1.29 is 9.53 Å². The molecule has 5 heteroatoms. The Hall–Kier alpha value is -1.07. The second-order valence-electron chi connectivity index (χ2n) is 3.74. The molecule has 2 N–H and O–H groups in total. The average Bonchev–Trinajstić information content (AvgIpc) is 2.29. The Morgan fingerprint density at radius 1 is 1.59 bits per heavy atom. The van der Waals surface area contributed by atoms with E-state index in [9.17, 15) is 4.79 Å². The maximum absolute atomic E-state index is 11.3. The van der Waals surface area contributed by atoms with Crippen LogP contribution < -0.4 is 5.73 Å². The fraction of sp³-hybridized carbons (Fsp3) is 0.500. The molecule has 1 atom stereocenters. The van der Waals surface area contributed by atoms with Crippen molar-refractivity contribution in [1.82, 2.24) is 4.98 Å². The summed E-state index contributed by atoms with van der Waals surface area (Å²) in [4.78, 5) is 15.4. The van der Waals surface area contributed by atoms with Crippen LogP contribution in [0.25, 0.3) is 0 Å². The lowest BCUT2D eigenvalue weighted by Gasteiger charge is -2.09. The van der Waals surface area contributed by atoms with Gasteiger partial charge in [0.25, 0.3) is 0 Å². The van der Waals surface area contributed by atoms with E-state index in [0.29, 0.717) is 12.4 Å². The molecule has 94 valence electrons. The summed E-state index contributed by atoms with van der Waals surface area (Å²) in [5, 5.41) is 0. The minimum absolute atomic E-state index is 0.331. The van der Waals surface area contributed by atoms with Gasteiger partial charge < -0.3 is 10.5 Å². The number of aryl methyl sites for hydroxylation is 1. The standard InChI is InChI=1S/C12H18N2O2S/c1-3-16-12(15)11(13)8-17-7-10-4-9(2)5-14-6-10/h4-6,11H,3,7-8,13H2,1-2H3. The molecule has 4 nitrogen and oxygen atoms in total. The lowest BCUT2D eigenvalue weighted by molar-refractivity contribution is -0.144. The number of carbonyl (C=O) groups excluding carboxylic acids is 1. The Kier molecular flexibility index (Phi) is 6.00. The van der Waals surface area contributed by atoms with Crippen molar-refractivity contribution in [1.29, 1.82) is 0 Å². The maximum atomic E-state index is 11.3. The van der Waals surface area contributed by atoms with E-state index >= 15 is 0 Å². The van der Waals surface area contributed by atoms with Crippen molar-refractivity contribution in [2.24, 2.45) is 5.73 Å². The van der Waals surface area contributed by atoms with Crippen LogP contribution in [0.3, 0.4) is 0 Å². The first-order valence-electron chi connectivity index (χ1n) is 5.54. The third-order valence-corrected chi connectivity index (χ3v) is 3.22. The van der Waals surface area contributed by atoms with Gasteiger partial charge >= 0.3 is 5.97 Å². The number of hydrogen-bond acceptors (Lipinski definition) is 5. The number of carbonyl (C=O) groups is 1. The lowest BCUT2D eigenvalue weighted by atomic mass is 10.2. The Bertz CT molecular complexity index is 371. The monoisotopic (exact) mass is 254 g/mol. The second-order valence-corrected chi connectivity index (χ2v) is 4.77. The second kappa shape index (κ2) is 7.29. The number of nitrogens with two attached hydrogens (primary N) is 1. The average molecular weight is 254 g/mol. The van der Waals surface area contributed by atoms with E-state index in [1.54, 1.807) is 18.7 Å². The molecule has 0 spiro atoms. The predicted octanol–water partition coefficient (Wildman–Crippen LogP) is 1.51. The summed E-state index contributed by atoms with van der Waals surface area (Å²) in [6.07, 6.45) is 3.65. The summed E-state index contributed by atoms with van der Waals surface area (Å²) in [5.74, 6) is 1.04. The number of nitrogens with zero attached hydrogens (tertiary/aromatic N) is 1. The van der Waals surface area contributed by atoms with Crippen LogP contribution in [0.5, 0.6) is 0 Å². The highest BCUT2D eigenvalue weighted by atomic mass is 32.2. The molecule has 1 aromatic rings. The zero-order valence-electron chi connectivity index (χ0n) is 10.2. The third kappa shape index (κ3) is 5.19. The fourth-order valence-corrected chi connectivity index (χ4v) is 2.22. The van der Waals surface area contributed by atoms with E-state index in [1.165, 1.54) is 0 Å². The highest BCUT2D eigenvalue weighted by Gasteiger charge is 2.13. The molecule has 0 fully saturated rings. The summed E-state index contributed by atoms with van der Waals surface area (Å²) in [5.41, 5.74) is 7.97. The van der Waals surface area contributed by atoms with Crippen LogP contribution in [0, 0.1) is 6.92 Å². The molecule has 0 saturated carbocycles. The van der Waals surface area contributed by atoms with Crippen molar-refractivity contribution in [2.45, 2.75) is 25.6 Å². The minimum atomic E-state index is -0.544. The Labute approximate surface area is 106 Å². The van der Waals surface area contributed by atoms with Crippen molar-refractivity contribution >= 4 is 17.7 Å². The number of aromatic nitrogens is 1. The van der Waals surface area contributed by atoms with Crippen molar-refractivity contribution in [3.8, 4) is 0 Å². The molecule has 1 unspecified atom stereocenters. The van der Waals surface area contributed by atoms with Gasteiger partial charge in [0.05, 0.1) is 6.61 Å². The number of hydrogen-bond donors (Lipinski definition) is 1. The van der Waals surface area contributed by atoms with Gasteiger partial charge in [0.2, 0.25) is 0 Å². The molecule has 1 heterocycles. The molecule has 0 amide bonds. The van der Waals surface area contributed by atoms with Crippen LogP contribution in [0.1, 0.15) is 18.1 Å². The van der Waals surface area contributed by atoms with E-state index in [0.717, 1.165) is 16.9 Å². The molecule has 0 saturated heterocycles. The maximum Gasteiger partial charge on any atom is 0.323 e. The molecule has 0 radical (unpaired) electrons. The van der Waals surface area contributed by atoms with Gasteiger partial charge in [-0.2, -0.15) is 11.8 Å². The van der Waals surface area contributed by atoms with E-state index in [4.69, 9.17) is 10.5 Å². The highest BCUT2D eigenvalue weighted by molar-refractivity contribution is 7.98. The smallest absolute Gasteiger partial charge is 0.323 e. The summed E-state index contributed by atoms with van der Waals surface area (Å²) in [6.45, 7) is 4.15. The van der Waals surface area contributed by atoms with Gasteiger partial charge in [-0.05, 0) is 25.0 Å². The van der Waals surface area contributed by atoms with E-state index in [-0.39, 0.29) is 5.97 Å². The van der Waals surface area contributed by atoms with Crippen molar-refractivity contribution in [3.05, 3.63) is 29.6 Å². The zero-order chi connectivity index (χ0) is 12.7. The lowest BCUT2D eigenvalue weighted by Crippen LogP contribution is -2.34. The summed E-state index contributed by atoms with van der Waals surface area (Å²) in [7, 11) is 0. The largest absolute Gasteiger partial charge is 0.465 e. The molecule has 0 bridgehead atoms. The van der Waals surface area contributed by atoms with Crippen LogP contribution >= 0.6 is 11.8 Å². The fourth-order valence-electron chi connectivity index (χ4n) is 1.32. The molecule has 0 aliphatic rings. The quantitative estimate of drug-likeness (QED) is 0.780. The normalized spacial score (nSPS) is 12.2. The molecule has 1 aromatic heterocycles. The summed E-state index contributed by atoms with van der Waals surface area (Å²) >= 11 is 1.61. The zero-order valence-corrected chi connectivity index (χ0v) is 11.0. The topological polar surface area (TPSA) is 65.2 Å². The van der Waals surface area contributed by atoms with E-state index in [1.807, 2.05) is 19.3 Å². The van der Waals surface area contributed by atoms with E-state index < -0.39 is 6.04 Å². The first-order chi connectivity index (χ1) is 8.13. The SMILES string of the molecule is CCOC(=O)C(N)CSCc1cncc(C)c1. The van der Waals surface area contributed by atoms with Gasteiger partial charge in [0.1, 0.15) is 6.04 Å². The molecular weight excluding hydrogens is 236 g/mol. The Morgan fingerprint density at radius 3 is 3.00 bits per heavy atom. The molecular formula is C12H18N2O2S. The van der Waals surface area contributed by atoms with Crippen LogP contribution in [0.4, 0.5) is 0 Å². The van der Waals surface area contributed by atoms with Crippen LogP contribution in [0.15, 0.2) is 18.5 Å². The predicted molar refractivity (Wildman–Crippen MR) is 69.7 cm³/mol. The first kappa shape index (κ1) is 14.0. The molecule has 0 aliphatic carbocycles. The number of rotatable bonds is 6. The van der Waals surface area contributed by atoms with Crippen LogP contribution in [-0.4, -0.2) is 29.4 Å². The third-order valence-electron chi connectivity index (χ3n) is 2.09. The number of pyridine rings is 1. The molecule has 1 rings (SSSR count). The Balaban J connectivity index is 2.30. The molecule has 0 aromatic carbocycles. The van der Waals surface area contributed by atoms with Gasteiger partial charge in [0, 0.05) is 23.9 Å². The number of thioether (sulfide) groups is 1. The van der Waals surface area contributed by atoms with Crippen LogP contribution in [-0.2, 0) is 15.3 Å². The number of ether oxygens (including phenoxy) is 1. The van der Waals surface area contributed by atoms with Gasteiger partial charge in [-0.3, -0.25) is 9.78 Å². The highest BCUT2D eigenvalue weighted by Crippen LogP contribution is 2.13. The van der Waals surface area contributed by atoms with Gasteiger partial charge in [0.15, 0.2) is 0 Å². The first-order valence-corrected chi connectivity index (χ1v) is 6.69. The Morgan fingerprint density at radius 2 is 2.35 bits per heavy atom. The summed E-state index contributed by atoms with van der Waals surface area (Å²) < 4.78 is 4.84. The number of esters is 1. The minimum Gasteiger partial charge on any atom is -0.465 e. The van der Waals surface area contributed by atoms with Crippen molar-refractivity contribution in [2.75, 3.05) is 12.4 Å². The summed E-state index contributed by atoms with van der Waals surface area (Å²) in [6, 6.07) is 1.54. The van der Waals surface area contributed by atoms with Gasteiger partial charge in [-0.25, -0.2) is 0 Å². The molecule has 0 aliphatic heterocycles. The van der Waals surface area contributed by atoms with Crippen LogP contribution in [0.2, 0.25) is 0 Å². The van der Waals surface area contributed by atoms with E-state index in [2.05, 4.69) is 11.1 Å². The van der Waals surface area contributed by atoms with Gasteiger partial charge in [-0.1, -0.05) is 6.07 Å².